The minimum Gasteiger partial charge on any atom is -0.389 e. The van der Waals surface area contributed by atoms with Gasteiger partial charge in [0, 0.05) is 35.8 Å². The molecule has 1 unspecified atom stereocenters. The van der Waals surface area contributed by atoms with Crippen molar-refractivity contribution in [3.8, 4) is 0 Å². The molecule has 0 aliphatic carbocycles. The zero-order valence-corrected chi connectivity index (χ0v) is 12.8. The molecule has 2 atom stereocenters. The van der Waals surface area contributed by atoms with Crippen LogP contribution in [0.25, 0.3) is 0 Å². The van der Waals surface area contributed by atoms with E-state index in [1.807, 2.05) is 6.07 Å². The van der Waals surface area contributed by atoms with E-state index in [0.29, 0.717) is 6.04 Å². The summed E-state index contributed by atoms with van der Waals surface area (Å²) in [6.45, 7) is 7.25. The van der Waals surface area contributed by atoms with E-state index in [1.54, 1.807) is 6.92 Å². The summed E-state index contributed by atoms with van der Waals surface area (Å²) in [5.41, 5.74) is 2.17. The minimum atomic E-state index is -0.431. The predicted molar refractivity (Wildman–Crippen MR) is 79.1 cm³/mol. The molecule has 1 fully saturated rings. The van der Waals surface area contributed by atoms with Gasteiger partial charge in [-0.05, 0) is 38.6 Å². The van der Waals surface area contributed by atoms with Gasteiger partial charge in [0.05, 0.1) is 6.10 Å². The fourth-order valence-electron chi connectivity index (χ4n) is 2.33. The van der Waals surface area contributed by atoms with Crippen LogP contribution in [0.15, 0.2) is 22.7 Å². The molecule has 4 heteroatoms. The average molecular weight is 313 g/mol. The Hall–Kier alpha value is -0.580. The van der Waals surface area contributed by atoms with Crippen molar-refractivity contribution in [2.75, 3.05) is 31.6 Å². The van der Waals surface area contributed by atoms with Gasteiger partial charge in [-0.1, -0.05) is 22.0 Å². The van der Waals surface area contributed by atoms with Crippen LogP contribution in [0.3, 0.4) is 0 Å². The van der Waals surface area contributed by atoms with Crippen LogP contribution < -0.4 is 4.90 Å². The van der Waals surface area contributed by atoms with Crippen molar-refractivity contribution in [3.05, 3.63) is 28.2 Å². The molecule has 1 aliphatic heterocycles. The number of rotatable bonds is 2. The second kappa shape index (κ2) is 5.59. The average Bonchev–Trinajstić information content (AvgIpc) is 2.32. The Labute approximate surface area is 118 Å². The number of aliphatic hydroxyl groups is 1. The van der Waals surface area contributed by atoms with E-state index in [-0.39, 0.29) is 0 Å². The van der Waals surface area contributed by atoms with E-state index >= 15 is 0 Å². The fourth-order valence-corrected chi connectivity index (χ4v) is 3.03. The highest BCUT2D eigenvalue weighted by atomic mass is 79.9. The van der Waals surface area contributed by atoms with Crippen LogP contribution in [0.4, 0.5) is 5.69 Å². The molecular formula is C14H21BrN2O. The van der Waals surface area contributed by atoms with Gasteiger partial charge >= 0.3 is 0 Å². The molecular weight excluding hydrogens is 292 g/mol. The van der Waals surface area contributed by atoms with Gasteiger partial charge < -0.3 is 14.9 Å². The normalized spacial score (nSPS) is 23.2. The third kappa shape index (κ3) is 2.87. The number of nitrogens with zero attached hydrogens (tertiary/aromatic N) is 2. The molecule has 1 saturated heterocycles. The summed E-state index contributed by atoms with van der Waals surface area (Å²) in [5.74, 6) is 0. The Morgan fingerprint density at radius 2 is 2.11 bits per heavy atom. The molecule has 100 valence electrons. The highest BCUT2D eigenvalue weighted by Gasteiger charge is 2.21. The van der Waals surface area contributed by atoms with Gasteiger partial charge in [-0.2, -0.15) is 0 Å². The molecule has 1 N–H and O–H groups in total. The lowest BCUT2D eigenvalue weighted by Crippen LogP contribution is -2.50. The second-order valence-electron chi connectivity index (χ2n) is 5.16. The van der Waals surface area contributed by atoms with Gasteiger partial charge in [-0.15, -0.1) is 0 Å². The molecule has 1 heterocycles. The SMILES string of the molecule is CC1CN(c2ccc([C@@H](C)O)c(Br)c2)CCN1C. The van der Waals surface area contributed by atoms with Gasteiger partial charge in [0.2, 0.25) is 0 Å². The first kappa shape index (κ1) is 13.8. The topological polar surface area (TPSA) is 26.7 Å². The predicted octanol–water partition coefficient (Wildman–Crippen LogP) is 2.64. The number of hydrogen-bond donors (Lipinski definition) is 1. The van der Waals surface area contributed by atoms with E-state index in [0.717, 1.165) is 29.7 Å². The van der Waals surface area contributed by atoms with Crippen LogP contribution >= 0.6 is 15.9 Å². The van der Waals surface area contributed by atoms with E-state index in [4.69, 9.17) is 0 Å². The molecule has 1 aromatic carbocycles. The third-order valence-electron chi connectivity index (χ3n) is 3.76. The number of piperazine rings is 1. The summed E-state index contributed by atoms with van der Waals surface area (Å²) in [7, 11) is 2.18. The highest BCUT2D eigenvalue weighted by molar-refractivity contribution is 9.10. The van der Waals surface area contributed by atoms with Gasteiger partial charge in [0.1, 0.15) is 0 Å². The Bertz CT molecular complexity index is 422. The number of anilines is 1. The van der Waals surface area contributed by atoms with Gasteiger partial charge in [0.25, 0.3) is 0 Å². The van der Waals surface area contributed by atoms with Crippen molar-refractivity contribution in [1.29, 1.82) is 0 Å². The van der Waals surface area contributed by atoms with Crippen molar-refractivity contribution in [2.45, 2.75) is 26.0 Å². The van der Waals surface area contributed by atoms with Gasteiger partial charge in [0.15, 0.2) is 0 Å². The fraction of sp³-hybridized carbons (Fsp3) is 0.571. The van der Waals surface area contributed by atoms with Crippen LogP contribution in [-0.2, 0) is 0 Å². The maximum absolute atomic E-state index is 9.63. The second-order valence-corrected chi connectivity index (χ2v) is 6.01. The molecule has 1 aromatic rings. The quantitative estimate of drug-likeness (QED) is 0.909. The molecule has 18 heavy (non-hydrogen) atoms. The zero-order chi connectivity index (χ0) is 13.3. The summed E-state index contributed by atoms with van der Waals surface area (Å²) < 4.78 is 0.988. The summed E-state index contributed by atoms with van der Waals surface area (Å²) in [6.07, 6.45) is -0.431. The molecule has 0 aromatic heterocycles. The van der Waals surface area contributed by atoms with E-state index in [9.17, 15) is 5.11 Å². The molecule has 0 radical (unpaired) electrons. The number of hydrogen-bond acceptors (Lipinski definition) is 3. The van der Waals surface area contributed by atoms with Crippen molar-refractivity contribution >= 4 is 21.6 Å². The lowest BCUT2D eigenvalue weighted by atomic mass is 10.1. The summed E-state index contributed by atoms with van der Waals surface area (Å²) in [5, 5.41) is 9.63. The molecule has 3 nitrogen and oxygen atoms in total. The summed E-state index contributed by atoms with van der Waals surface area (Å²) in [6, 6.07) is 6.80. The maximum atomic E-state index is 9.63. The van der Waals surface area contributed by atoms with E-state index in [2.05, 4.69) is 51.8 Å². The number of likely N-dealkylation sites (N-methyl/N-ethyl adjacent to an activating group) is 1. The number of benzene rings is 1. The van der Waals surface area contributed by atoms with E-state index < -0.39 is 6.10 Å². The lowest BCUT2D eigenvalue weighted by molar-refractivity contribution is 0.198. The van der Waals surface area contributed by atoms with Crippen LogP contribution in [-0.4, -0.2) is 42.7 Å². The maximum Gasteiger partial charge on any atom is 0.0772 e. The van der Waals surface area contributed by atoms with Crippen molar-refractivity contribution in [2.24, 2.45) is 0 Å². The molecule has 0 amide bonds. The number of aliphatic hydroxyl groups excluding tert-OH is 1. The Balaban J connectivity index is 2.17. The Morgan fingerprint density at radius 1 is 1.39 bits per heavy atom. The monoisotopic (exact) mass is 312 g/mol. The molecule has 0 bridgehead atoms. The van der Waals surface area contributed by atoms with E-state index in [1.165, 1.54) is 5.69 Å². The largest absolute Gasteiger partial charge is 0.389 e. The van der Waals surface area contributed by atoms with Crippen LogP contribution in [0.2, 0.25) is 0 Å². The highest BCUT2D eigenvalue weighted by Crippen LogP contribution is 2.29. The standard InChI is InChI=1S/C14H21BrN2O/c1-10-9-17(7-6-16(10)3)12-4-5-13(11(2)18)14(15)8-12/h4-5,8,10-11,18H,6-7,9H2,1-3H3/t10?,11-/m1/s1. The summed E-state index contributed by atoms with van der Waals surface area (Å²) in [4.78, 5) is 4.79. The minimum absolute atomic E-state index is 0.431. The third-order valence-corrected chi connectivity index (χ3v) is 4.45. The summed E-state index contributed by atoms with van der Waals surface area (Å²) >= 11 is 3.54. The molecule has 0 spiro atoms. The van der Waals surface area contributed by atoms with Crippen molar-refractivity contribution < 1.29 is 5.11 Å². The zero-order valence-electron chi connectivity index (χ0n) is 11.2. The van der Waals surface area contributed by atoms with Crippen LogP contribution in [0, 0.1) is 0 Å². The lowest BCUT2D eigenvalue weighted by Gasteiger charge is -2.39. The van der Waals surface area contributed by atoms with Gasteiger partial charge in [-0.3, -0.25) is 0 Å². The molecule has 0 saturated carbocycles. The van der Waals surface area contributed by atoms with Gasteiger partial charge in [-0.25, -0.2) is 0 Å². The van der Waals surface area contributed by atoms with Crippen LogP contribution in [0.5, 0.6) is 0 Å². The number of halogens is 1. The first-order chi connectivity index (χ1) is 8.49. The smallest absolute Gasteiger partial charge is 0.0772 e. The first-order valence-corrected chi connectivity index (χ1v) is 7.21. The Morgan fingerprint density at radius 3 is 2.67 bits per heavy atom. The Kier molecular flexibility index (Phi) is 4.30. The molecule has 1 aliphatic rings. The van der Waals surface area contributed by atoms with Crippen molar-refractivity contribution in [3.63, 3.8) is 0 Å². The first-order valence-electron chi connectivity index (χ1n) is 6.41. The van der Waals surface area contributed by atoms with Crippen molar-refractivity contribution in [1.82, 2.24) is 4.90 Å². The van der Waals surface area contributed by atoms with Crippen LogP contribution in [0.1, 0.15) is 25.5 Å². The molecule has 2 rings (SSSR count).